The molecule has 0 saturated carbocycles. The largest absolute Gasteiger partial charge is 0.396 e. The van der Waals surface area contributed by atoms with Crippen LogP contribution in [-0.2, 0) is 0 Å². The van der Waals surface area contributed by atoms with Crippen LogP contribution in [0.25, 0.3) is 10.9 Å². The minimum atomic E-state index is 0.592. The van der Waals surface area contributed by atoms with E-state index in [-0.39, 0.29) is 0 Å². The van der Waals surface area contributed by atoms with Gasteiger partial charge < -0.3 is 11.1 Å². The summed E-state index contributed by atoms with van der Waals surface area (Å²) in [5.41, 5.74) is 9.02. The summed E-state index contributed by atoms with van der Waals surface area (Å²) in [7, 11) is 0. The summed E-state index contributed by atoms with van der Waals surface area (Å²) in [4.78, 5) is 4.36. The van der Waals surface area contributed by atoms with Gasteiger partial charge in [0.15, 0.2) is 5.82 Å². The van der Waals surface area contributed by atoms with Gasteiger partial charge in [-0.25, -0.2) is 4.98 Å². The number of hydrogen-bond donors (Lipinski definition) is 3. The first kappa shape index (κ1) is 11.8. The minimum Gasteiger partial charge on any atom is -0.396 e. The molecule has 5 nitrogen and oxygen atoms in total. The van der Waals surface area contributed by atoms with Gasteiger partial charge in [-0.1, -0.05) is 11.6 Å². The molecular formula is C13H12ClN5. The standard InChI is InChI=1S/C13H12ClN5/c1-7-2-3-11(15)13(17-7)18-9-4-8-6-16-19-12(8)10(14)5-9/h2-6H,15H2,1H3,(H,16,19)(H,17,18). The lowest BCUT2D eigenvalue weighted by Gasteiger charge is -2.09. The zero-order chi connectivity index (χ0) is 13.4. The van der Waals surface area contributed by atoms with Gasteiger partial charge in [-0.2, -0.15) is 5.10 Å². The average Bonchev–Trinajstić information content (AvgIpc) is 2.82. The van der Waals surface area contributed by atoms with Gasteiger partial charge in [0.05, 0.1) is 22.4 Å². The minimum absolute atomic E-state index is 0.592. The fourth-order valence-corrected chi connectivity index (χ4v) is 2.16. The zero-order valence-electron chi connectivity index (χ0n) is 10.2. The van der Waals surface area contributed by atoms with Gasteiger partial charge >= 0.3 is 0 Å². The number of aryl methyl sites for hydroxylation is 1. The molecule has 0 bridgehead atoms. The summed E-state index contributed by atoms with van der Waals surface area (Å²) in [6.07, 6.45) is 1.72. The van der Waals surface area contributed by atoms with E-state index in [9.17, 15) is 0 Å². The quantitative estimate of drug-likeness (QED) is 0.670. The van der Waals surface area contributed by atoms with E-state index in [1.807, 2.05) is 31.2 Å². The van der Waals surface area contributed by atoms with Crippen molar-refractivity contribution in [2.45, 2.75) is 6.92 Å². The Morgan fingerprint density at radius 3 is 3.00 bits per heavy atom. The van der Waals surface area contributed by atoms with Crippen molar-refractivity contribution in [2.75, 3.05) is 11.1 Å². The van der Waals surface area contributed by atoms with E-state index in [1.54, 1.807) is 6.20 Å². The number of halogens is 1. The summed E-state index contributed by atoms with van der Waals surface area (Å²) in [6.45, 7) is 1.91. The molecule has 19 heavy (non-hydrogen) atoms. The zero-order valence-corrected chi connectivity index (χ0v) is 11.0. The predicted molar refractivity (Wildman–Crippen MR) is 77.8 cm³/mol. The Morgan fingerprint density at radius 2 is 2.16 bits per heavy atom. The van der Waals surface area contributed by atoms with Gasteiger partial charge in [0.25, 0.3) is 0 Å². The van der Waals surface area contributed by atoms with E-state index < -0.39 is 0 Å². The number of fused-ring (bicyclic) bond motifs is 1. The highest BCUT2D eigenvalue weighted by molar-refractivity contribution is 6.35. The van der Waals surface area contributed by atoms with Gasteiger partial charge in [-0.05, 0) is 31.2 Å². The number of nitrogens with one attached hydrogen (secondary N) is 2. The van der Waals surface area contributed by atoms with Crippen LogP contribution in [0, 0.1) is 6.92 Å². The molecule has 1 aromatic carbocycles. The van der Waals surface area contributed by atoms with Crippen LogP contribution in [0.4, 0.5) is 17.2 Å². The Hall–Kier alpha value is -2.27. The summed E-state index contributed by atoms with van der Waals surface area (Å²) in [6, 6.07) is 7.44. The van der Waals surface area contributed by atoms with Crippen LogP contribution in [0.15, 0.2) is 30.5 Å². The molecule has 0 atom stereocenters. The molecule has 0 unspecified atom stereocenters. The third-order valence-corrected chi connectivity index (χ3v) is 3.13. The number of anilines is 3. The third-order valence-electron chi connectivity index (χ3n) is 2.83. The third kappa shape index (κ3) is 2.20. The molecule has 2 heterocycles. The number of aromatic nitrogens is 3. The maximum atomic E-state index is 6.18. The number of H-pyrrole nitrogens is 1. The summed E-state index contributed by atoms with van der Waals surface area (Å²) in [5, 5.41) is 11.5. The Morgan fingerprint density at radius 1 is 1.32 bits per heavy atom. The number of rotatable bonds is 2. The van der Waals surface area contributed by atoms with Gasteiger partial charge in [0.1, 0.15) is 0 Å². The van der Waals surface area contributed by atoms with E-state index in [0.29, 0.717) is 16.5 Å². The van der Waals surface area contributed by atoms with Crippen molar-refractivity contribution >= 4 is 39.7 Å². The number of benzene rings is 1. The lowest BCUT2D eigenvalue weighted by molar-refractivity contribution is 1.12. The van der Waals surface area contributed by atoms with E-state index in [4.69, 9.17) is 17.3 Å². The van der Waals surface area contributed by atoms with Crippen molar-refractivity contribution < 1.29 is 0 Å². The van der Waals surface area contributed by atoms with Gasteiger partial charge in [-0.3, -0.25) is 5.10 Å². The second-order valence-electron chi connectivity index (χ2n) is 4.31. The number of nitrogen functional groups attached to an aromatic ring is 1. The molecule has 3 rings (SSSR count). The first-order valence-electron chi connectivity index (χ1n) is 5.76. The first-order valence-corrected chi connectivity index (χ1v) is 6.14. The molecule has 0 aliphatic rings. The maximum Gasteiger partial charge on any atom is 0.153 e. The lowest BCUT2D eigenvalue weighted by atomic mass is 10.2. The molecule has 0 amide bonds. The van der Waals surface area contributed by atoms with Crippen LogP contribution in [0.3, 0.4) is 0 Å². The molecule has 96 valence electrons. The molecule has 4 N–H and O–H groups in total. The summed E-state index contributed by atoms with van der Waals surface area (Å²) >= 11 is 6.18. The van der Waals surface area contributed by atoms with Crippen LogP contribution >= 0.6 is 11.6 Å². The number of pyridine rings is 1. The van der Waals surface area contributed by atoms with Crippen molar-refractivity contribution in [3.05, 3.63) is 41.2 Å². The van der Waals surface area contributed by atoms with Crippen molar-refractivity contribution in [3.8, 4) is 0 Å². The molecule has 0 aliphatic carbocycles. The number of aromatic amines is 1. The number of nitrogens with zero attached hydrogens (tertiary/aromatic N) is 2. The van der Waals surface area contributed by atoms with E-state index in [1.165, 1.54) is 0 Å². The van der Waals surface area contributed by atoms with Gasteiger partial charge in [-0.15, -0.1) is 0 Å². The second-order valence-corrected chi connectivity index (χ2v) is 4.71. The van der Waals surface area contributed by atoms with E-state index in [2.05, 4.69) is 20.5 Å². The average molecular weight is 274 g/mol. The molecule has 0 radical (unpaired) electrons. The highest BCUT2D eigenvalue weighted by Crippen LogP contribution is 2.29. The van der Waals surface area contributed by atoms with Crippen LogP contribution in [0.5, 0.6) is 0 Å². The lowest BCUT2D eigenvalue weighted by Crippen LogP contribution is -2.00. The van der Waals surface area contributed by atoms with Gasteiger partial charge in [0, 0.05) is 16.8 Å². The molecule has 6 heteroatoms. The van der Waals surface area contributed by atoms with Gasteiger partial charge in [0.2, 0.25) is 0 Å². The first-order chi connectivity index (χ1) is 9.13. The Kier molecular flexibility index (Phi) is 2.76. The smallest absolute Gasteiger partial charge is 0.153 e. The van der Waals surface area contributed by atoms with Crippen LogP contribution in [0.1, 0.15) is 5.69 Å². The summed E-state index contributed by atoms with van der Waals surface area (Å²) in [5.74, 6) is 0.624. The Bertz CT molecular complexity index is 750. The second kappa shape index (κ2) is 4.44. The highest BCUT2D eigenvalue weighted by Gasteiger charge is 2.06. The van der Waals surface area contributed by atoms with E-state index in [0.717, 1.165) is 22.3 Å². The fourth-order valence-electron chi connectivity index (χ4n) is 1.89. The molecular weight excluding hydrogens is 262 g/mol. The number of nitrogens with two attached hydrogens (primary N) is 1. The molecule has 0 aliphatic heterocycles. The highest BCUT2D eigenvalue weighted by atomic mass is 35.5. The van der Waals surface area contributed by atoms with E-state index >= 15 is 0 Å². The Labute approximate surface area is 114 Å². The molecule has 0 spiro atoms. The Balaban J connectivity index is 2.03. The van der Waals surface area contributed by atoms with Crippen molar-refractivity contribution in [3.63, 3.8) is 0 Å². The van der Waals surface area contributed by atoms with Crippen LogP contribution in [0.2, 0.25) is 5.02 Å². The topological polar surface area (TPSA) is 79.6 Å². The van der Waals surface area contributed by atoms with Crippen molar-refractivity contribution in [1.82, 2.24) is 15.2 Å². The molecule has 3 aromatic rings. The normalized spacial score (nSPS) is 10.8. The summed E-state index contributed by atoms with van der Waals surface area (Å²) < 4.78 is 0. The predicted octanol–water partition coefficient (Wildman–Crippen LogP) is 3.25. The number of hydrogen-bond acceptors (Lipinski definition) is 4. The SMILES string of the molecule is Cc1ccc(N)c(Nc2cc(Cl)c3[nH]ncc3c2)n1. The monoisotopic (exact) mass is 273 g/mol. The maximum absolute atomic E-state index is 6.18. The molecule has 0 fully saturated rings. The molecule has 2 aromatic heterocycles. The van der Waals surface area contributed by atoms with Crippen LogP contribution < -0.4 is 11.1 Å². The van der Waals surface area contributed by atoms with Crippen LogP contribution in [-0.4, -0.2) is 15.2 Å². The van der Waals surface area contributed by atoms with Crippen molar-refractivity contribution in [2.24, 2.45) is 0 Å². The van der Waals surface area contributed by atoms with Crippen molar-refractivity contribution in [1.29, 1.82) is 0 Å². The molecule has 0 saturated heterocycles. The fraction of sp³-hybridized carbons (Fsp3) is 0.0769.